The van der Waals surface area contributed by atoms with Crippen molar-refractivity contribution in [3.05, 3.63) is 17.7 Å². The second-order valence-corrected chi connectivity index (χ2v) is 4.91. The van der Waals surface area contributed by atoms with Gasteiger partial charge in [0, 0.05) is 0 Å². The molecule has 0 radical (unpaired) electrons. The van der Waals surface area contributed by atoms with E-state index in [9.17, 15) is 0 Å². The van der Waals surface area contributed by atoms with Gasteiger partial charge in [0.15, 0.2) is 0 Å². The number of methoxy groups -OCH3 is 2. The molecule has 1 aromatic carbocycles. The molecule has 4 heteroatoms. The fourth-order valence-corrected chi connectivity index (χ4v) is 2.28. The molecule has 0 aliphatic carbocycles. The van der Waals surface area contributed by atoms with Crippen LogP contribution in [0.1, 0.15) is 12.5 Å². The van der Waals surface area contributed by atoms with Gasteiger partial charge in [0.05, 0.1) is 19.1 Å². The van der Waals surface area contributed by atoms with Gasteiger partial charge in [-0.2, -0.15) is 0 Å². The zero-order chi connectivity index (χ0) is 12.8. The van der Waals surface area contributed by atoms with Gasteiger partial charge in [0.1, 0.15) is 11.5 Å². The molecule has 96 valence electrons. The Balaban J connectivity index is 3.09. The normalized spacial score (nSPS) is 12.3. The van der Waals surface area contributed by atoms with Crippen LogP contribution < -0.4 is 15.2 Å². The number of nitrogens with two attached hydrogens (primary N) is 1. The van der Waals surface area contributed by atoms with Crippen molar-refractivity contribution >= 4 is 11.8 Å². The lowest BCUT2D eigenvalue weighted by Gasteiger charge is -2.16. The van der Waals surface area contributed by atoms with Crippen molar-refractivity contribution in [1.29, 1.82) is 0 Å². The maximum absolute atomic E-state index is 5.66. The van der Waals surface area contributed by atoms with Gasteiger partial charge in [-0.1, -0.05) is 6.92 Å². The van der Waals surface area contributed by atoms with Gasteiger partial charge in [0.25, 0.3) is 0 Å². The number of hydrogen-bond acceptors (Lipinski definition) is 4. The lowest BCUT2D eigenvalue weighted by atomic mass is 10.0. The van der Waals surface area contributed by atoms with Crippen molar-refractivity contribution in [3.8, 4) is 11.5 Å². The average Bonchev–Trinajstić information content (AvgIpc) is 2.37. The van der Waals surface area contributed by atoms with Gasteiger partial charge in [-0.3, -0.25) is 0 Å². The zero-order valence-corrected chi connectivity index (χ0v) is 11.8. The number of benzene rings is 1. The van der Waals surface area contributed by atoms with Gasteiger partial charge in [-0.05, 0) is 42.8 Å². The molecule has 0 heterocycles. The third-order valence-corrected chi connectivity index (χ3v) is 3.52. The first-order valence-electron chi connectivity index (χ1n) is 5.65. The van der Waals surface area contributed by atoms with Crippen LogP contribution in [0.25, 0.3) is 0 Å². The average molecular weight is 255 g/mol. The highest BCUT2D eigenvalue weighted by Crippen LogP contribution is 2.35. The number of thioether (sulfide) groups is 1. The van der Waals surface area contributed by atoms with Crippen LogP contribution in [0.4, 0.5) is 0 Å². The van der Waals surface area contributed by atoms with E-state index in [1.807, 2.05) is 12.3 Å². The summed E-state index contributed by atoms with van der Waals surface area (Å²) < 4.78 is 10.8. The summed E-state index contributed by atoms with van der Waals surface area (Å²) in [6.07, 6.45) is 2.93. The molecule has 0 spiro atoms. The van der Waals surface area contributed by atoms with Gasteiger partial charge in [-0.15, -0.1) is 11.8 Å². The van der Waals surface area contributed by atoms with E-state index in [2.05, 4.69) is 13.0 Å². The zero-order valence-electron chi connectivity index (χ0n) is 10.9. The van der Waals surface area contributed by atoms with Crippen LogP contribution in [-0.2, 0) is 6.42 Å². The molecular weight excluding hydrogens is 234 g/mol. The summed E-state index contributed by atoms with van der Waals surface area (Å²) in [5.74, 6) is 2.25. The summed E-state index contributed by atoms with van der Waals surface area (Å²) in [5, 5.41) is 0. The van der Waals surface area contributed by atoms with Gasteiger partial charge >= 0.3 is 0 Å². The van der Waals surface area contributed by atoms with E-state index in [0.29, 0.717) is 12.5 Å². The van der Waals surface area contributed by atoms with Crippen molar-refractivity contribution in [2.45, 2.75) is 18.2 Å². The molecular formula is C13H21NO2S. The van der Waals surface area contributed by atoms with Crippen LogP contribution in [-0.4, -0.2) is 27.0 Å². The lowest BCUT2D eigenvalue weighted by Crippen LogP contribution is -2.13. The molecule has 0 aliphatic rings. The van der Waals surface area contributed by atoms with E-state index in [0.717, 1.165) is 28.4 Å². The Kier molecular flexibility index (Phi) is 5.65. The smallest absolute Gasteiger partial charge is 0.132 e. The maximum atomic E-state index is 5.66. The Morgan fingerprint density at radius 2 is 1.88 bits per heavy atom. The number of ether oxygens (including phenoxy) is 2. The molecule has 0 saturated heterocycles. The summed E-state index contributed by atoms with van der Waals surface area (Å²) in [5.41, 5.74) is 6.81. The third-order valence-electron chi connectivity index (χ3n) is 2.76. The molecule has 17 heavy (non-hydrogen) atoms. The molecule has 1 rings (SSSR count). The largest absolute Gasteiger partial charge is 0.496 e. The Labute approximate surface area is 108 Å². The highest BCUT2D eigenvalue weighted by molar-refractivity contribution is 7.98. The van der Waals surface area contributed by atoms with E-state index in [4.69, 9.17) is 15.2 Å². The molecule has 0 aliphatic heterocycles. The first kappa shape index (κ1) is 14.2. The van der Waals surface area contributed by atoms with Crippen LogP contribution in [0.3, 0.4) is 0 Å². The van der Waals surface area contributed by atoms with Gasteiger partial charge in [-0.25, -0.2) is 0 Å². The third kappa shape index (κ3) is 3.54. The van der Waals surface area contributed by atoms with Crippen molar-refractivity contribution in [2.75, 3.05) is 27.0 Å². The topological polar surface area (TPSA) is 44.5 Å². The van der Waals surface area contributed by atoms with Crippen molar-refractivity contribution in [2.24, 2.45) is 11.7 Å². The van der Waals surface area contributed by atoms with Gasteiger partial charge < -0.3 is 15.2 Å². The van der Waals surface area contributed by atoms with Crippen LogP contribution in [0.2, 0.25) is 0 Å². The summed E-state index contributed by atoms with van der Waals surface area (Å²) >= 11 is 1.65. The Hall–Kier alpha value is -0.870. The highest BCUT2D eigenvalue weighted by Gasteiger charge is 2.12. The summed E-state index contributed by atoms with van der Waals surface area (Å²) in [6, 6.07) is 4.08. The minimum atomic E-state index is 0.439. The lowest BCUT2D eigenvalue weighted by molar-refractivity contribution is 0.388. The quantitative estimate of drug-likeness (QED) is 0.793. The van der Waals surface area contributed by atoms with Crippen LogP contribution in [0, 0.1) is 5.92 Å². The maximum Gasteiger partial charge on any atom is 0.132 e. The molecule has 0 aromatic heterocycles. The van der Waals surface area contributed by atoms with E-state index in [-0.39, 0.29) is 0 Å². The second-order valence-electron chi connectivity index (χ2n) is 4.06. The van der Waals surface area contributed by atoms with E-state index in [1.54, 1.807) is 26.0 Å². The van der Waals surface area contributed by atoms with Crippen LogP contribution >= 0.6 is 11.8 Å². The van der Waals surface area contributed by atoms with Crippen molar-refractivity contribution < 1.29 is 9.47 Å². The summed E-state index contributed by atoms with van der Waals surface area (Å²) in [6.45, 7) is 2.81. The molecule has 3 nitrogen and oxygen atoms in total. The van der Waals surface area contributed by atoms with E-state index >= 15 is 0 Å². The molecule has 0 amide bonds. The summed E-state index contributed by atoms with van der Waals surface area (Å²) in [7, 11) is 3.39. The predicted octanol–water partition coefficient (Wildman–Crippen LogP) is 2.56. The molecule has 0 bridgehead atoms. The molecule has 0 saturated carbocycles. The molecule has 1 aromatic rings. The van der Waals surface area contributed by atoms with E-state index in [1.165, 1.54) is 0 Å². The van der Waals surface area contributed by atoms with E-state index < -0.39 is 0 Å². The minimum Gasteiger partial charge on any atom is -0.496 e. The number of hydrogen-bond donors (Lipinski definition) is 1. The fourth-order valence-electron chi connectivity index (χ4n) is 1.71. The fraction of sp³-hybridized carbons (Fsp3) is 0.538. The molecule has 2 N–H and O–H groups in total. The summed E-state index contributed by atoms with van der Waals surface area (Å²) in [4.78, 5) is 1.09. The molecule has 0 fully saturated rings. The van der Waals surface area contributed by atoms with Crippen molar-refractivity contribution in [3.63, 3.8) is 0 Å². The van der Waals surface area contributed by atoms with Crippen LogP contribution in [0.5, 0.6) is 11.5 Å². The van der Waals surface area contributed by atoms with Crippen molar-refractivity contribution in [1.82, 2.24) is 0 Å². The standard InChI is InChI=1S/C13H21NO2S/c1-9(8-14)5-10-6-12(16-3)13(17-4)7-11(10)15-2/h6-7,9H,5,8,14H2,1-4H3. The Morgan fingerprint density at radius 1 is 1.24 bits per heavy atom. The first-order chi connectivity index (χ1) is 8.15. The second kappa shape index (κ2) is 6.77. The predicted molar refractivity (Wildman–Crippen MR) is 73.2 cm³/mol. The SMILES string of the molecule is COc1cc(SC)c(OC)cc1CC(C)CN. The highest BCUT2D eigenvalue weighted by atomic mass is 32.2. The minimum absolute atomic E-state index is 0.439. The Morgan fingerprint density at radius 3 is 2.35 bits per heavy atom. The number of rotatable bonds is 6. The first-order valence-corrected chi connectivity index (χ1v) is 6.87. The van der Waals surface area contributed by atoms with Gasteiger partial charge in [0.2, 0.25) is 0 Å². The van der Waals surface area contributed by atoms with Crippen LogP contribution in [0.15, 0.2) is 17.0 Å². The Bertz CT molecular complexity index is 369. The monoisotopic (exact) mass is 255 g/mol. The molecule has 1 atom stereocenters. The molecule has 1 unspecified atom stereocenters.